The van der Waals surface area contributed by atoms with E-state index in [1.54, 1.807) is 26.4 Å². The van der Waals surface area contributed by atoms with E-state index < -0.39 is 6.04 Å². The molecular weight excluding hydrogens is 442 g/mol. The number of rotatable bonds is 5. The number of hydrogen-bond donors (Lipinski definition) is 3. The summed E-state index contributed by atoms with van der Waals surface area (Å²) in [6.45, 7) is 1.82. The zero-order valence-electron chi connectivity index (χ0n) is 15.6. The molecule has 1 unspecified atom stereocenters. The summed E-state index contributed by atoms with van der Waals surface area (Å²) < 4.78 is 11.8. The van der Waals surface area contributed by atoms with E-state index in [-0.39, 0.29) is 5.91 Å². The number of halogens is 1. The lowest BCUT2D eigenvalue weighted by Gasteiger charge is -2.31. The molecular formula is C20H20BrN3O3S. The maximum atomic E-state index is 13.1. The molecule has 28 heavy (non-hydrogen) atoms. The van der Waals surface area contributed by atoms with Crippen LogP contribution in [0.25, 0.3) is 0 Å². The largest absolute Gasteiger partial charge is 0.497 e. The van der Waals surface area contributed by atoms with E-state index in [0.717, 1.165) is 10.0 Å². The zero-order chi connectivity index (χ0) is 20.3. The van der Waals surface area contributed by atoms with Crippen LogP contribution in [-0.4, -0.2) is 25.2 Å². The smallest absolute Gasteiger partial charge is 0.255 e. The summed E-state index contributed by atoms with van der Waals surface area (Å²) >= 11 is 8.71. The van der Waals surface area contributed by atoms with Gasteiger partial charge in [-0.1, -0.05) is 15.9 Å². The summed E-state index contributed by atoms with van der Waals surface area (Å²) in [6.07, 6.45) is 0. The third-order valence-corrected chi connectivity index (χ3v) is 5.11. The van der Waals surface area contributed by atoms with Crippen LogP contribution in [0, 0.1) is 0 Å². The molecule has 0 bridgehead atoms. The summed E-state index contributed by atoms with van der Waals surface area (Å²) in [6, 6.07) is 12.3. The number of ether oxygens (including phenoxy) is 2. The van der Waals surface area contributed by atoms with Gasteiger partial charge in [-0.05, 0) is 61.6 Å². The van der Waals surface area contributed by atoms with Crippen LogP contribution in [0.2, 0.25) is 0 Å². The van der Waals surface area contributed by atoms with Gasteiger partial charge in [0.05, 0.1) is 25.8 Å². The normalized spacial score (nSPS) is 16.1. The van der Waals surface area contributed by atoms with E-state index in [0.29, 0.717) is 33.6 Å². The van der Waals surface area contributed by atoms with Gasteiger partial charge < -0.3 is 25.4 Å². The quantitative estimate of drug-likeness (QED) is 0.586. The average molecular weight is 462 g/mol. The van der Waals surface area contributed by atoms with Crippen molar-refractivity contribution in [1.82, 2.24) is 10.6 Å². The van der Waals surface area contributed by atoms with Crippen molar-refractivity contribution in [2.24, 2.45) is 0 Å². The van der Waals surface area contributed by atoms with Gasteiger partial charge >= 0.3 is 0 Å². The van der Waals surface area contributed by atoms with Gasteiger partial charge in [0.15, 0.2) is 5.11 Å². The molecule has 146 valence electrons. The van der Waals surface area contributed by atoms with Gasteiger partial charge in [0.25, 0.3) is 5.91 Å². The summed E-state index contributed by atoms with van der Waals surface area (Å²) in [7, 11) is 3.18. The Bertz CT molecular complexity index is 944. The molecule has 1 heterocycles. The maximum absolute atomic E-state index is 13.1. The Labute approximate surface area is 177 Å². The fourth-order valence-electron chi connectivity index (χ4n) is 3.02. The molecule has 2 aromatic rings. The second kappa shape index (κ2) is 8.62. The van der Waals surface area contributed by atoms with Crippen LogP contribution in [0.5, 0.6) is 11.5 Å². The zero-order valence-corrected chi connectivity index (χ0v) is 18.0. The molecule has 1 atom stereocenters. The minimum atomic E-state index is -0.491. The number of methoxy groups -OCH3 is 2. The molecule has 0 spiro atoms. The van der Waals surface area contributed by atoms with Crippen LogP contribution in [0.1, 0.15) is 18.5 Å². The third-order valence-electron chi connectivity index (χ3n) is 4.36. The molecule has 0 fully saturated rings. The van der Waals surface area contributed by atoms with Gasteiger partial charge in [0, 0.05) is 21.4 Å². The van der Waals surface area contributed by atoms with Gasteiger partial charge in [-0.2, -0.15) is 0 Å². The van der Waals surface area contributed by atoms with Crippen molar-refractivity contribution in [3.05, 3.63) is 63.8 Å². The fourth-order valence-corrected chi connectivity index (χ4v) is 3.56. The average Bonchev–Trinajstić information content (AvgIpc) is 2.68. The Morgan fingerprint density at radius 3 is 2.50 bits per heavy atom. The van der Waals surface area contributed by atoms with Crippen LogP contribution in [0.15, 0.2) is 58.2 Å². The van der Waals surface area contributed by atoms with Crippen LogP contribution >= 0.6 is 28.1 Å². The number of amides is 1. The molecule has 3 N–H and O–H groups in total. The lowest BCUT2D eigenvalue weighted by molar-refractivity contribution is -0.113. The Morgan fingerprint density at radius 2 is 1.86 bits per heavy atom. The molecule has 2 aromatic carbocycles. The monoisotopic (exact) mass is 461 g/mol. The first-order valence-electron chi connectivity index (χ1n) is 8.50. The minimum absolute atomic E-state index is 0.239. The lowest BCUT2D eigenvalue weighted by atomic mass is 9.94. The van der Waals surface area contributed by atoms with Crippen molar-refractivity contribution in [1.29, 1.82) is 0 Å². The Morgan fingerprint density at radius 1 is 1.14 bits per heavy atom. The van der Waals surface area contributed by atoms with Crippen molar-refractivity contribution in [3.8, 4) is 11.5 Å². The van der Waals surface area contributed by atoms with Crippen molar-refractivity contribution >= 4 is 44.9 Å². The minimum Gasteiger partial charge on any atom is -0.497 e. The first-order chi connectivity index (χ1) is 13.4. The second-order valence-electron chi connectivity index (χ2n) is 6.14. The topological polar surface area (TPSA) is 71.6 Å². The summed E-state index contributed by atoms with van der Waals surface area (Å²) in [4.78, 5) is 13.1. The highest BCUT2D eigenvalue weighted by Crippen LogP contribution is 2.36. The first kappa shape index (κ1) is 20.2. The van der Waals surface area contributed by atoms with Crippen molar-refractivity contribution in [2.45, 2.75) is 13.0 Å². The summed E-state index contributed by atoms with van der Waals surface area (Å²) in [5, 5.41) is 9.58. The highest BCUT2D eigenvalue weighted by atomic mass is 79.9. The fraction of sp³-hybridized carbons (Fsp3) is 0.200. The van der Waals surface area contributed by atoms with E-state index in [4.69, 9.17) is 21.7 Å². The van der Waals surface area contributed by atoms with Crippen LogP contribution in [0.3, 0.4) is 0 Å². The lowest BCUT2D eigenvalue weighted by Crippen LogP contribution is -2.45. The third kappa shape index (κ3) is 4.28. The van der Waals surface area contributed by atoms with Crippen LogP contribution < -0.4 is 25.4 Å². The molecule has 0 saturated carbocycles. The highest BCUT2D eigenvalue weighted by Gasteiger charge is 2.32. The van der Waals surface area contributed by atoms with Gasteiger partial charge in [0.2, 0.25) is 0 Å². The predicted octanol–water partition coefficient (Wildman–Crippen LogP) is 3.90. The van der Waals surface area contributed by atoms with Crippen molar-refractivity contribution in [2.75, 3.05) is 19.5 Å². The molecule has 1 amide bonds. The number of benzene rings is 2. The van der Waals surface area contributed by atoms with Crippen LogP contribution in [-0.2, 0) is 4.79 Å². The molecule has 0 saturated heterocycles. The number of hydrogen-bond acceptors (Lipinski definition) is 4. The van der Waals surface area contributed by atoms with Gasteiger partial charge in [0.1, 0.15) is 11.5 Å². The molecule has 0 aliphatic carbocycles. The molecule has 3 rings (SSSR count). The first-order valence-corrected chi connectivity index (χ1v) is 9.70. The maximum Gasteiger partial charge on any atom is 0.255 e. The highest BCUT2D eigenvalue weighted by molar-refractivity contribution is 9.10. The Kier molecular flexibility index (Phi) is 6.21. The number of thiocarbonyl (C=S) groups is 1. The van der Waals surface area contributed by atoms with E-state index in [1.807, 2.05) is 37.3 Å². The number of anilines is 1. The van der Waals surface area contributed by atoms with Crippen LogP contribution in [0.4, 0.5) is 5.69 Å². The Balaban J connectivity index is 2.01. The van der Waals surface area contributed by atoms with E-state index >= 15 is 0 Å². The molecule has 0 radical (unpaired) electrons. The van der Waals surface area contributed by atoms with Gasteiger partial charge in [-0.15, -0.1) is 0 Å². The molecule has 1 aliphatic rings. The van der Waals surface area contributed by atoms with E-state index in [2.05, 4.69) is 31.9 Å². The summed E-state index contributed by atoms with van der Waals surface area (Å²) in [5.74, 6) is 1.05. The molecule has 6 nitrogen and oxygen atoms in total. The SMILES string of the molecule is COc1ccc(OC)c(C2NC(=S)NC(C)=C2C(=O)Nc2ccc(Br)cc2)c1. The van der Waals surface area contributed by atoms with E-state index in [1.165, 1.54) is 0 Å². The van der Waals surface area contributed by atoms with Crippen molar-refractivity contribution < 1.29 is 14.3 Å². The van der Waals surface area contributed by atoms with Crippen molar-refractivity contribution in [3.63, 3.8) is 0 Å². The number of allylic oxidation sites excluding steroid dienone is 1. The molecule has 0 aromatic heterocycles. The number of carbonyl (C=O) groups is 1. The van der Waals surface area contributed by atoms with Gasteiger partial charge in [-0.25, -0.2) is 0 Å². The predicted molar refractivity (Wildman–Crippen MR) is 117 cm³/mol. The second-order valence-corrected chi connectivity index (χ2v) is 7.46. The molecule has 8 heteroatoms. The standard InChI is InChI=1S/C20H20BrN3O3S/c1-11-17(19(25)23-13-6-4-12(21)5-7-13)18(24-20(28)22-11)15-10-14(26-2)8-9-16(15)27-3/h4-10,18H,1-3H3,(H,23,25)(H2,22,24,28). The Hall–Kier alpha value is -2.58. The number of nitrogens with one attached hydrogen (secondary N) is 3. The molecule has 1 aliphatic heterocycles. The van der Waals surface area contributed by atoms with Gasteiger partial charge in [-0.3, -0.25) is 4.79 Å². The summed E-state index contributed by atoms with van der Waals surface area (Å²) in [5.41, 5.74) is 2.64. The number of carbonyl (C=O) groups excluding carboxylic acids is 1. The van der Waals surface area contributed by atoms with E-state index in [9.17, 15) is 4.79 Å².